The van der Waals surface area contributed by atoms with E-state index in [1.165, 1.54) is 39.0 Å². The first kappa shape index (κ1) is 22.3. The molecule has 2 aromatic carbocycles. The normalized spacial score (nSPS) is 10.8. The molecule has 0 spiro atoms. The zero-order valence-corrected chi connectivity index (χ0v) is 19.5. The van der Waals surface area contributed by atoms with E-state index in [-0.39, 0.29) is 11.5 Å². The number of anilines is 1. The van der Waals surface area contributed by atoms with Gasteiger partial charge in [0.15, 0.2) is 11.5 Å². The minimum Gasteiger partial charge on any atom is -0.493 e. The van der Waals surface area contributed by atoms with Gasteiger partial charge in [-0.25, -0.2) is 4.98 Å². The third-order valence-electron chi connectivity index (χ3n) is 5.24. The SMILES string of the molecule is COc1cc(NC(=O)c2sc3ncn(Cc4ccccc4)c(=O)c3c2C)cc(OC)c1OC. The van der Waals surface area contributed by atoms with Gasteiger partial charge in [0.05, 0.1) is 44.5 Å². The molecule has 9 heteroatoms. The number of carbonyl (C=O) groups excluding carboxylic acids is 1. The summed E-state index contributed by atoms with van der Waals surface area (Å²) < 4.78 is 17.6. The summed E-state index contributed by atoms with van der Waals surface area (Å²) in [5.74, 6) is 0.925. The molecule has 0 saturated heterocycles. The highest BCUT2D eigenvalue weighted by molar-refractivity contribution is 7.20. The Hall–Kier alpha value is -3.85. The summed E-state index contributed by atoms with van der Waals surface area (Å²) in [6.45, 7) is 2.17. The molecule has 2 heterocycles. The third-order valence-corrected chi connectivity index (χ3v) is 6.44. The lowest BCUT2D eigenvalue weighted by Gasteiger charge is -2.14. The number of methoxy groups -OCH3 is 3. The van der Waals surface area contributed by atoms with Crippen LogP contribution in [-0.4, -0.2) is 36.8 Å². The topological polar surface area (TPSA) is 91.7 Å². The van der Waals surface area contributed by atoms with Gasteiger partial charge in [0.25, 0.3) is 11.5 Å². The van der Waals surface area contributed by atoms with E-state index >= 15 is 0 Å². The van der Waals surface area contributed by atoms with Gasteiger partial charge in [-0.3, -0.25) is 14.2 Å². The number of fused-ring (bicyclic) bond motifs is 1. The van der Waals surface area contributed by atoms with Crippen molar-refractivity contribution < 1.29 is 19.0 Å². The zero-order chi connectivity index (χ0) is 23.5. The van der Waals surface area contributed by atoms with Gasteiger partial charge in [-0.05, 0) is 18.1 Å². The molecule has 0 aliphatic carbocycles. The van der Waals surface area contributed by atoms with Crippen LogP contribution in [0.1, 0.15) is 20.8 Å². The molecule has 170 valence electrons. The first-order chi connectivity index (χ1) is 16.0. The Balaban J connectivity index is 1.68. The minimum atomic E-state index is -0.348. The van der Waals surface area contributed by atoms with Crippen LogP contribution in [0.15, 0.2) is 53.6 Å². The van der Waals surface area contributed by atoms with Gasteiger partial charge in [-0.15, -0.1) is 11.3 Å². The number of ether oxygens (including phenoxy) is 3. The summed E-state index contributed by atoms with van der Waals surface area (Å²) in [6, 6.07) is 13.0. The fraction of sp³-hybridized carbons (Fsp3) is 0.208. The van der Waals surface area contributed by atoms with Crippen LogP contribution in [0.4, 0.5) is 5.69 Å². The maximum absolute atomic E-state index is 13.1. The number of aryl methyl sites for hydroxylation is 1. The highest BCUT2D eigenvalue weighted by atomic mass is 32.1. The Kier molecular flexibility index (Phi) is 6.32. The molecule has 0 radical (unpaired) electrons. The van der Waals surface area contributed by atoms with Crippen LogP contribution >= 0.6 is 11.3 Å². The number of aromatic nitrogens is 2. The van der Waals surface area contributed by atoms with Crippen LogP contribution in [0.5, 0.6) is 17.2 Å². The molecule has 0 unspecified atom stereocenters. The number of nitrogens with zero attached hydrogens (tertiary/aromatic N) is 2. The number of hydrogen-bond donors (Lipinski definition) is 1. The second-order valence-electron chi connectivity index (χ2n) is 7.27. The number of benzene rings is 2. The van der Waals surface area contributed by atoms with Crippen molar-refractivity contribution in [3.05, 3.63) is 75.1 Å². The molecule has 0 bridgehead atoms. The van der Waals surface area contributed by atoms with Crippen molar-refractivity contribution in [2.75, 3.05) is 26.6 Å². The van der Waals surface area contributed by atoms with E-state index in [0.29, 0.717) is 50.1 Å². The van der Waals surface area contributed by atoms with E-state index in [0.717, 1.165) is 5.56 Å². The molecule has 1 amide bonds. The van der Waals surface area contributed by atoms with Gasteiger partial charge in [-0.2, -0.15) is 0 Å². The number of rotatable bonds is 7. The largest absolute Gasteiger partial charge is 0.493 e. The monoisotopic (exact) mass is 465 g/mol. The summed E-state index contributed by atoms with van der Waals surface area (Å²) in [6.07, 6.45) is 1.52. The van der Waals surface area contributed by atoms with E-state index in [2.05, 4.69) is 10.3 Å². The fourth-order valence-electron chi connectivity index (χ4n) is 3.61. The molecular formula is C24H23N3O5S. The molecule has 4 aromatic rings. The molecule has 1 N–H and O–H groups in total. The van der Waals surface area contributed by atoms with Crippen molar-refractivity contribution in [1.82, 2.24) is 9.55 Å². The second kappa shape index (κ2) is 9.33. The lowest BCUT2D eigenvalue weighted by atomic mass is 10.2. The molecule has 0 fully saturated rings. The quantitative estimate of drug-likeness (QED) is 0.442. The predicted octanol–water partition coefficient (Wildman–Crippen LogP) is 4.09. The average Bonchev–Trinajstić information content (AvgIpc) is 3.18. The molecule has 4 rings (SSSR count). The van der Waals surface area contributed by atoms with Crippen molar-refractivity contribution in [3.8, 4) is 17.2 Å². The smallest absolute Gasteiger partial charge is 0.266 e. The summed E-state index contributed by atoms with van der Waals surface area (Å²) in [5.41, 5.74) is 1.89. The standard InChI is InChI=1S/C24H23N3O5S/c1-14-19-23(25-13-27(24(19)29)12-15-8-6-5-7-9-15)33-21(14)22(28)26-16-10-17(30-2)20(32-4)18(11-16)31-3/h5-11,13H,12H2,1-4H3,(H,26,28). The van der Waals surface area contributed by atoms with Crippen molar-refractivity contribution in [2.45, 2.75) is 13.5 Å². The van der Waals surface area contributed by atoms with Gasteiger partial charge in [0.2, 0.25) is 5.75 Å². The van der Waals surface area contributed by atoms with Crippen LogP contribution in [0.2, 0.25) is 0 Å². The van der Waals surface area contributed by atoms with Crippen LogP contribution in [0.3, 0.4) is 0 Å². The minimum absolute atomic E-state index is 0.176. The Morgan fingerprint density at radius 2 is 1.73 bits per heavy atom. The summed E-state index contributed by atoms with van der Waals surface area (Å²) in [7, 11) is 4.52. The Bertz CT molecular complexity index is 1350. The Morgan fingerprint density at radius 1 is 1.06 bits per heavy atom. The predicted molar refractivity (Wildman–Crippen MR) is 128 cm³/mol. The van der Waals surface area contributed by atoms with Crippen molar-refractivity contribution in [2.24, 2.45) is 0 Å². The highest BCUT2D eigenvalue weighted by Gasteiger charge is 2.21. The lowest BCUT2D eigenvalue weighted by molar-refractivity contribution is 0.103. The first-order valence-electron chi connectivity index (χ1n) is 10.1. The summed E-state index contributed by atoms with van der Waals surface area (Å²) in [5, 5.41) is 3.31. The maximum atomic E-state index is 13.1. The first-order valence-corrected chi connectivity index (χ1v) is 10.9. The number of nitrogens with one attached hydrogen (secondary N) is 1. The van der Waals surface area contributed by atoms with Crippen molar-refractivity contribution in [3.63, 3.8) is 0 Å². The second-order valence-corrected chi connectivity index (χ2v) is 8.27. The van der Waals surface area contributed by atoms with Crippen LogP contribution < -0.4 is 25.1 Å². The molecule has 0 atom stereocenters. The number of amides is 1. The van der Waals surface area contributed by atoms with Gasteiger partial charge in [0.1, 0.15) is 4.83 Å². The number of carbonyl (C=O) groups is 1. The zero-order valence-electron chi connectivity index (χ0n) is 18.7. The van der Waals surface area contributed by atoms with Crippen molar-refractivity contribution in [1.29, 1.82) is 0 Å². The molecular weight excluding hydrogens is 442 g/mol. The van der Waals surface area contributed by atoms with Gasteiger partial charge >= 0.3 is 0 Å². The van der Waals surface area contributed by atoms with Gasteiger partial charge in [-0.1, -0.05) is 30.3 Å². The molecule has 0 saturated carbocycles. The van der Waals surface area contributed by atoms with Crippen molar-refractivity contribution >= 4 is 33.1 Å². The molecule has 0 aliphatic rings. The molecule has 0 aliphatic heterocycles. The van der Waals surface area contributed by atoms with Crippen LogP contribution in [0, 0.1) is 6.92 Å². The van der Waals surface area contributed by atoms with Gasteiger partial charge < -0.3 is 19.5 Å². The summed E-state index contributed by atoms with van der Waals surface area (Å²) >= 11 is 1.18. The van der Waals surface area contributed by atoms with Crippen LogP contribution in [-0.2, 0) is 6.54 Å². The number of hydrogen-bond acceptors (Lipinski definition) is 7. The van der Waals surface area contributed by atoms with E-state index in [1.54, 1.807) is 23.6 Å². The fourth-order valence-corrected chi connectivity index (χ4v) is 4.64. The molecule has 8 nitrogen and oxygen atoms in total. The van der Waals surface area contributed by atoms with Crippen LogP contribution in [0.25, 0.3) is 10.2 Å². The lowest BCUT2D eigenvalue weighted by Crippen LogP contribution is -2.21. The van der Waals surface area contributed by atoms with Gasteiger partial charge in [0, 0.05) is 17.8 Å². The molecule has 2 aromatic heterocycles. The molecule has 33 heavy (non-hydrogen) atoms. The Morgan fingerprint density at radius 3 is 2.33 bits per heavy atom. The third kappa shape index (κ3) is 4.27. The van der Waals surface area contributed by atoms with E-state index in [9.17, 15) is 9.59 Å². The summed E-state index contributed by atoms with van der Waals surface area (Å²) in [4.78, 5) is 31.6. The maximum Gasteiger partial charge on any atom is 0.266 e. The number of thiophene rings is 1. The highest BCUT2D eigenvalue weighted by Crippen LogP contribution is 2.40. The van der Waals surface area contributed by atoms with E-state index in [1.807, 2.05) is 30.3 Å². The van der Waals surface area contributed by atoms with E-state index < -0.39 is 0 Å². The van der Waals surface area contributed by atoms with E-state index in [4.69, 9.17) is 14.2 Å². The average molecular weight is 466 g/mol. The Labute approximate surface area is 194 Å².